The lowest BCUT2D eigenvalue weighted by atomic mass is 9.96. The summed E-state index contributed by atoms with van der Waals surface area (Å²) in [5.74, 6) is 0.477. The predicted octanol–water partition coefficient (Wildman–Crippen LogP) is 3.93. The van der Waals surface area contributed by atoms with Crippen molar-refractivity contribution in [2.75, 3.05) is 39.4 Å². The van der Waals surface area contributed by atoms with Gasteiger partial charge in [0.25, 0.3) is 0 Å². The third-order valence-corrected chi connectivity index (χ3v) is 7.82. The van der Waals surface area contributed by atoms with Gasteiger partial charge >= 0.3 is 5.69 Å². The smallest absolute Gasteiger partial charge is 0.350 e. The second-order valence-corrected chi connectivity index (χ2v) is 10.4. The molecule has 192 valence electrons. The molecule has 0 unspecified atom stereocenters. The minimum atomic E-state index is -0.0560. The number of piperidine rings is 1. The Balaban J connectivity index is 1.03. The molecule has 7 nitrogen and oxygen atoms in total. The number of hydrogen-bond donors (Lipinski definition) is 0. The summed E-state index contributed by atoms with van der Waals surface area (Å²) < 4.78 is 8.74. The van der Waals surface area contributed by atoms with Crippen LogP contribution in [0.5, 0.6) is 0 Å². The summed E-state index contributed by atoms with van der Waals surface area (Å²) in [6.45, 7) is 8.23. The fourth-order valence-electron chi connectivity index (χ4n) is 5.59. The van der Waals surface area contributed by atoms with E-state index in [9.17, 15) is 4.79 Å². The van der Waals surface area contributed by atoms with Crippen LogP contribution in [0.2, 0.25) is 0 Å². The van der Waals surface area contributed by atoms with Crippen molar-refractivity contribution >= 4 is 10.8 Å². The highest BCUT2D eigenvalue weighted by atomic mass is 16.5. The van der Waals surface area contributed by atoms with E-state index in [4.69, 9.17) is 4.74 Å². The summed E-state index contributed by atoms with van der Waals surface area (Å²) in [5.41, 5.74) is 3.43. The van der Waals surface area contributed by atoms with Crippen LogP contribution in [0, 0.1) is 5.92 Å². The maximum atomic E-state index is 13.1. The highest BCUT2D eigenvalue weighted by molar-refractivity contribution is 5.82. The van der Waals surface area contributed by atoms with Gasteiger partial charge in [-0.2, -0.15) is 5.10 Å². The third-order valence-electron chi connectivity index (χ3n) is 7.82. The summed E-state index contributed by atoms with van der Waals surface area (Å²) >= 11 is 0. The SMILES string of the molecule is O=c1n(-c2ccc(CN3CCOCC3)cc2)cnn1CC1CCN(Cc2ccc3ccccc3c2)CC1. The molecule has 7 heteroatoms. The Morgan fingerprint density at radius 2 is 1.46 bits per heavy atom. The van der Waals surface area contributed by atoms with Gasteiger partial charge in [0.15, 0.2) is 0 Å². The molecule has 0 saturated carbocycles. The number of ether oxygens (including phenoxy) is 1. The molecule has 3 heterocycles. The zero-order chi connectivity index (χ0) is 25.0. The third kappa shape index (κ3) is 5.69. The van der Waals surface area contributed by atoms with Crippen LogP contribution in [-0.2, 0) is 24.4 Å². The first-order chi connectivity index (χ1) is 18.2. The van der Waals surface area contributed by atoms with Crippen molar-refractivity contribution in [1.82, 2.24) is 24.1 Å². The van der Waals surface area contributed by atoms with Gasteiger partial charge in [0.05, 0.1) is 18.9 Å². The van der Waals surface area contributed by atoms with Gasteiger partial charge in [0.1, 0.15) is 6.33 Å². The molecular weight excluding hydrogens is 462 g/mol. The van der Waals surface area contributed by atoms with Crippen LogP contribution in [0.25, 0.3) is 16.5 Å². The topological polar surface area (TPSA) is 55.5 Å². The van der Waals surface area contributed by atoms with Gasteiger partial charge in [-0.05, 0) is 71.9 Å². The highest BCUT2D eigenvalue weighted by Gasteiger charge is 2.21. The summed E-state index contributed by atoms with van der Waals surface area (Å²) in [4.78, 5) is 18.0. The predicted molar refractivity (Wildman–Crippen MR) is 146 cm³/mol. The molecule has 0 N–H and O–H groups in total. The van der Waals surface area contributed by atoms with Crippen molar-refractivity contribution in [3.63, 3.8) is 0 Å². The van der Waals surface area contributed by atoms with Crippen LogP contribution in [-0.4, -0.2) is 63.5 Å². The highest BCUT2D eigenvalue weighted by Crippen LogP contribution is 2.22. The maximum absolute atomic E-state index is 13.1. The molecule has 37 heavy (non-hydrogen) atoms. The average molecular weight is 498 g/mol. The largest absolute Gasteiger partial charge is 0.379 e. The van der Waals surface area contributed by atoms with Crippen LogP contribution in [0.15, 0.2) is 77.9 Å². The molecule has 4 aromatic rings. The van der Waals surface area contributed by atoms with E-state index in [2.05, 4.69) is 69.5 Å². The van der Waals surface area contributed by atoms with Crippen LogP contribution in [0.4, 0.5) is 0 Å². The number of nitrogens with zero attached hydrogens (tertiary/aromatic N) is 5. The molecule has 2 aliphatic rings. The zero-order valence-corrected chi connectivity index (χ0v) is 21.3. The van der Waals surface area contributed by atoms with Gasteiger partial charge in [0.2, 0.25) is 0 Å². The van der Waals surface area contributed by atoms with Crippen LogP contribution in [0.1, 0.15) is 24.0 Å². The first-order valence-electron chi connectivity index (χ1n) is 13.5. The van der Waals surface area contributed by atoms with Crippen LogP contribution >= 0.6 is 0 Å². The summed E-state index contributed by atoms with van der Waals surface area (Å²) in [6.07, 6.45) is 3.83. The van der Waals surface area contributed by atoms with Crippen LogP contribution < -0.4 is 5.69 Å². The first kappa shape index (κ1) is 24.1. The van der Waals surface area contributed by atoms with E-state index in [1.807, 2.05) is 12.1 Å². The van der Waals surface area contributed by atoms with Gasteiger partial charge in [-0.3, -0.25) is 9.80 Å². The molecular formula is C30H35N5O2. The molecule has 0 bridgehead atoms. The van der Waals surface area contributed by atoms with E-state index in [-0.39, 0.29) is 5.69 Å². The number of likely N-dealkylation sites (tertiary alicyclic amines) is 1. The second kappa shape index (κ2) is 11.0. The molecule has 0 amide bonds. The molecule has 0 radical (unpaired) electrons. The van der Waals surface area contributed by atoms with Crippen molar-refractivity contribution in [2.24, 2.45) is 5.92 Å². The van der Waals surface area contributed by atoms with Gasteiger partial charge in [-0.25, -0.2) is 14.0 Å². The number of aromatic nitrogens is 3. The maximum Gasteiger partial charge on any atom is 0.350 e. The van der Waals surface area contributed by atoms with E-state index < -0.39 is 0 Å². The minimum Gasteiger partial charge on any atom is -0.379 e. The Kier molecular flexibility index (Phi) is 7.17. The second-order valence-electron chi connectivity index (χ2n) is 10.4. The van der Waals surface area contributed by atoms with Gasteiger partial charge in [-0.15, -0.1) is 0 Å². The summed E-state index contributed by atoms with van der Waals surface area (Å²) in [5, 5.41) is 7.04. The lowest BCUT2D eigenvalue weighted by Gasteiger charge is -2.31. The van der Waals surface area contributed by atoms with Gasteiger partial charge in [-0.1, -0.05) is 48.5 Å². The fraction of sp³-hybridized carbons (Fsp3) is 0.400. The van der Waals surface area contributed by atoms with Crippen molar-refractivity contribution in [2.45, 2.75) is 32.5 Å². The lowest BCUT2D eigenvalue weighted by molar-refractivity contribution is 0.0342. The Labute approximate surface area is 217 Å². The Hall–Kier alpha value is -3.26. The number of rotatable bonds is 7. The van der Waals surface area contributed by atoms with Crippen LogP contribution in [0.3, 0.4) is 0 Å². The van der Waals surface area contributed by atoms with E-state index in [0.29, 0.717) is 12.5 Å². The Morgan fingerprint density at radius 1 is 0.784 bits per heavy atom. The van der Waals surface area contributed by atoms with Crippen molar-refractivity contribution < 1.29 is 4.74 Å². The van der Waals surface area contributed by atoms with Gasteiger partial charge in [0, 0.05) is 32.7 Å². The number of hydrogen-bond acceptors (Lipinski definition) is 5. The van der Waals surface area contributed by atoms with E-state index >= 15 is 0 Å². The quantitative estimate of drug-likeness (QED) is 0.387. The Morgan fingerprint density at radius 3 is 2.24 bits per heavy atom. The van der Waals surface area contributed by atoms with E-state index in [1.54, 1.807) is 15.6 Å². The number of morpholine rings is 1. The normalized spacial score (nSPS) is 17.9. The molecule has 6 rings (SSSR count). The van der Waals surface area contributed by atoms with E-state index in [0.717, 1.165) is 71.0 Å². The molecule has 0 atom stereocenters. The molecule has 2 fully saturated rings. The van der Waals surface area contributed by atoms with Crippen molar-refractivity contribution in [3.8, 4) is 5.69 Å². The zero-order valence-electron chi connectivity index (χ0n) is 21.3. The minimum absolute atomic E-state index is 0.0560. The molecule has 3 aromatic carbocycles. The monoisotopic (exact) mass is 497 g/mol. The Bertz CT molecular complexity index is 1380. The molecule has 0 spiro atoms. The first-order valence-corrected chi connectivity index (χ1v) is 13.5. The van der Waals surface area contributed by atoms with Gasteiger partial charge < -0.3 is 4.74 Å². The summed E-state index contributed by atoms with van der Waals surface area (Å²) in [7, 11) is 0. The van der Waals surface area contributed by atoms with E-state index in [1.165, 1.54) is 21.9 Å². The fourth-order valence-corrected chi connectivity index (χ4v) is 5.59. The number of benzene rings is 3. The van der Waals surface area contributed by atoms with Crippen molar-refractivity contribution in [3.05, 3.63) is 94.7 Å². The molecule has 2 aliphatic heterocycles. The van der Waals surface area contributed by atoms with Crippen molar-refractivity contribution in [1.29, 1.82) is 0 Å². The molecule has 1 aromatic heterocycles. The molecule has 0 aliphatic carbocycles. The summed E-state index contributed by atoms with van der Waals surface area (Å²) in [6, 6.07) is 23.6. The lowest BCUT2D eigenvalue weighted by Crippen LogP contribution is -2.36. The standard InChI is InChI=1S/C30H35N5O2/c36-30-34(29-9-6-24(7-10-29)20-33-15-17-37-18-16-33)23-31-35(30)22-25-11-13-32(14-12-25)21-26-5-8-27-3-1-2-4-28(27)19-26/h1-10,19,23,25H,11-18,20-22H2. The molecule has 2 saturated heterocycles. The average Bonchev–Trinajstić information content (AvgIpc) is 3.30. The number of fused-ring (bicyclic) bond motifs is 1.